The summed E-state index contributed by atoms with van der Waals surface area (Å²) in [6.07, 6.45) is 1.71. The first-order chi connectivity index (χ1) is 14.7. The Morgan fingerprint density at radius 1 is 0.800 bits per heavy atom. The third-order valence-corrected chi connectivity index (χ3v) is 4.75. The van der Waals surface area contributed by atoms with Gasteiger partial charge in [0.2, 0.25) is 0 Å². The molecule has 3 N–H and O–H groups in total. The molecule has 0 aliphatic rings. The Hall–Kier alpha value is -3.90. The van der Waals surface area contributed by atoms with Crippen LogP contribution in [0.4, 0.5) is 0 Å². The molecule has 1 heterocycles. The number of H-pyrrole nitrogens is 1. The van der Waals surface area contributed by atoms with E-state index in [1.54, 1.807) is 18.3 Å². The lowest BCUT2D eigenvalue weighted by molar-refractivity contribution is 0.0233. The zero-order valence-electron chi connectivity index (χ0n) is 16.2. The maximum Gasteiger partial charge on any atom is 0.274 e. The number of hydrogen-bond acceptors (Lipinski definition) is 3. The Kier molecular flexibility index (Phi) is 5.87. The summed E-state index contributed by atoms with van der Waals surface area (Å²) in [6.45, 7) is 0.662. The molecule has 0 atom stereocenters. The SMILES string of the molecule is O=C(NOCc1ccccc1)c1ccc(CNC(=O)c2c[nH]c3ccccc23)cc1. The number of aromatic amines is 1. The highest BCUT2D eigenvalue weighted by Gasteiger charge is 2.11. The van der Waals surface area contributed by atoms with Gasteiger partial charge in [-0.05, 0) is 29.3 Å². The molecule has 6 nitrogen and oxygen atoms in total. The van der Waals surface area contributed by atoms with Crippen LogP contribution in [-0.4, -0.2) is 16.8 Å². The normalized spacial score (nSPS) is 10.7. The van der Waals surface area contributed by atoms with E-state index < -0.39 is 0 Å². The molecule has 4 rings (SSSR count). The fourth-order valence-electron chi connectivity index (χ4n) is 3.13. The first-order valence-corrected chi connectivity index (χ1v) is 9.60. The predicted octanol–water partition coefficient (Wildman–Crippen LogP) is 3.96. The standard InChI is InChI=1S/C24H21N3O3/c28-23(27-30-16-18-6-2-1-3-7-18)19-12-10-17(11-13-19)14-26-24(29)21-15-25-22-9-5-4-8-20(21)22/h1-13,15,25H,14,16H2,(H,26,29)(H,27,28). The largest absolute Gasteiger partial charge is 0.360 e. The van der Waals surface area contributed by atoms with Crippen LogP contribution in [-0.2, 0) is 18.0 Å². The number of nitrogens with one attached hydrogen (secondary N) is 3. The van der Waals surface area contributed by atoms with Gasteiger partial charge in [-0.15, -0.1) is 0 Å². The summed E-state index contributed by atoms with van der Waals surface area (Å²) in [5, 5.41) is 3.80. The van der Waals surface area contributed by atoms with Crippen LogP contribution < -0.4 is 10.8 Å². The van der Waals surface area contributed by atoms with E-state index in [4.69, 9.17) is 4.84 Å². The maximum atomic E-state index is 12.5. The molecule has 0 saturated carbocycles. The molecule has 150 valence electrons. The van der Waals surface area contributed by atoms with Crippen LogP contribution >= 0.6 is 0 Å². The molecule has 0 spiro atoms. The minimum atomic E-state index is -0.319. The average Bonchev–Trinajstić information content (AvgIpc) is 3.23. The highest BCUT2D eigenvalue weighted by Crippen LogP contribution is 2.17. The van der Waals surface area contributed by atoms with Crippen molar-refractivity contribution in [2.75, 3.05) is 0 Å². The monoisotopic (exact) mass is 399 g/mol. The molecule has 0 radical (unpaired) electrons. The van der Waals surface area contributed by atoms with Crippen LogP contribution in [0.25, 0.3) is 10.9 Å². The van der Waals surface area contributed by atoms with Crippen molar-refractivity contribution >= 4 is 22.7 Å². The predicted molar refractivity (Wildman–Crippen MR) is 115 cm³/mol. The van der Waals surface area contributed by atoms with Gasteiger partial charge in [0.15, 0.2) is 0 Å². The number of carbonyl (C=O) groups is 2. The Morgan fingerprint density at radius 3 is 2.33 bits per heavy atom. The van der Waals surface area contributed by atoms with Crippen LogP contribution in [0.5, 0.6) is 0 Å². The van der Waals surface area contributed by atoms with Gasteiger partial charge in [0.05, 0.1) is 12.2 Å². The molecule has 6 heteroatoms. The van der Waals surface area contributed by atoms with Crippen LogP contribution in [0.1, 0.15) is 31.8 Å². The molecule has 0 unspecified atom stereocenters. The van der Waals surface area contributed by atoms with Gasteiger partial charge in [0.25, 0.3) is 11.8 Å². The number of rotatable bonds is 7. The molecule has 0 saturated heterocycles. The molecule has 0 aliphatic heterocycles. The van der Waals surface area contributed by atoms with Crippen molar-refractivity contribution in [1.82, 2.24) is 15.8 Å². The molecular formula is C24H21N3O3. The number of hydroxylamine groups is 1. The highest BCUT2D eigenvalue weighted by atomic mass is 16.6. The first kappa shape index (κ1) is 19.4. The summed E-state index contributed by atoms with van der Waals surface area (Å²) in [4.78, 5) is 33.0. The van der Waals surface area contributed by atoms with Gasteiger partial charge in [-0.2, -0.15) is 0 Å². The smallest absolute Gasteiger partial charge is 0.274 e. The third-order valence-electron chi connectivity index (χ3n) is 4.75. The molecule has 3 aromatic carbocycles. The van der Waals surface area contributed by atoms with Crippen LogP contribution in [0, 0.1) is 0 Å². The van der Waals surface area contributed by atoms with Crippen molar-refractivity contribution in [2.24, 2.45) is 0 Å². The van der Waals surface area contributed by atoms with Crippen molar-refractivity contribution in [3.63, 3.8) is 0 Å². The second kappa shape index (κ2) is 9.07. The fraction of sp³-hybridized carbons (Fsp3) is 0.0833. The van der Waals surface area contributed by atoms with Crippen LogP contribution in [0.3, 0.4) is 0 Å². The minimum Gasteiger partial charge on any atom is -0.360 e. The van der Waals surface area contributed by atoms with E-state index in [2.05, 4.69) is 15.8 Å². The van der Waals surface area contributed by atoms with Gasteiger partial charge in [0.1, 0.15) is 0 Å². The van der Waals surface area contributed by atoms with E-state index in [1.807, 2.05) is 66.7 Å². The molecule has 0 aliphatic carbocycles. The van der Waals surface area contributed by atoms with E-state index in [9.17, 15) is 9.59 Å². The van der Waals surface area contributed by atoms with Crippen molar-refractivity contribution in [3.05, 3.63) is 107 Å². The number of hydrogen-bond donors (Lipinski definition) is 3. The van der Waals surface area contributed by atoms with Crippen molar-refractivity contribution in [2.45, 2.75) is 13.2 Å². The molecular weight excluding hydrogens is 378 g/mol. The van der Waals surface area contributed by atoms with Gasteiger partial charge in [-0.25, -0.2) is 5.48 Å². The second-order valence-electron chi connectivity index (χ2n) is 6.83. The van der Waals surface area contributed by atoms with Gasteiger partial charge >= 0.3 is 0 Å². The Morgan fingerprint density at radius 2 is 1.53 bits per heavy atom. The lowest BCUT2D eigenvalue weighted by Gasteiger charge is -2.08. The third kappa shape index (κ3) is 4.56. The topological polar surface area (TPSA) is 83.2 Å². The number of benzene rings is 3. The fourth-order valence-corrected chi connectivity index (χ4v) is 3.13. The number of para-hydroxylation sites is 1. The van der Waals surface area contributed by atoms with E-state index in [0.29, 0.717) is 24.3 Å². The van der Waals surface area contributed by atoms with Gasteiger partial charge in [0, 0.05) is 29.2 Å². The second-order valence-corrected chi connectivity index (χ2v) is 6.83. The van der Waals surface area contributed by atoms with Crippen LogP contribution in [0.2, 0.25) is 0 Å². The molecule has 1 aromatic heterocycles. The lowest BCUT2D eigenvalue weighted by Crippen LogP contribution is -2.24. The van der Waals surface area contributed by atoms with Gasteiger partial charge in [-0.3, -0.25) is 14.4 Å². The highest BCUT2D eigenvalue weighted by molar-refractivity contribution is 6.06. The zero-order chi connectivity index (χ0) is 20.8. The summed E-state index contributed by atoms with van der Waals surface area (Å²) < 4.78 is 0. The van der Waals surface area contributed by atoms with E-state index in [0.717, 1.165) is 22.0 Å². The molecule has 4 aromatic rings. The summed E-state index contributed by atoms with van der Waals surface area (Å²) in [5.41, 5.74) is 6.32. The zero-order valence-corrected chi connectivity index (χ0v) is 16.2. The van der Waals surface area contributed by atoms with Crippen molar-refractivity contribution < 1.29 is 14.4 Å². The van der Waals surface area contributed by atoms with E-state index >= 15 is 0 Å². The summed E-state index contributed by atoms with van der Waals surface area (Å²) >= 11 is 0. The maximum absolute atomic E-state index is 12.5. The van der Waals surface area contributed by atoms with Crippen LogP contribution in [0.15, 0.2) is 85.1 Å². The van der Waals surface area contributed by atoms with E-state index in [1.165, 1.54) is 0 Å². The number of aromatic nitrogens is 1. The average molecular weight is 399 g/mol. The minimum absolute atomic E-state index is 0.149. The van der Waals surface area contributed by atoms with Crippen molar-refractivity contribution in [1.29, 1.82) is 0 Å². The van der Waals surface area contributed by atoms with Crippen molar-refractivity contribution in [3.8, 4) is 0 Å². The Balaban J connectivity index is 1.29. The Labute approximate surface area is 173 Å². The number of carbonyl (C=O) groups excluding carboxylic acids is 2. The molecule has 30 heavy (non-hydrogen) atoms. The number of fused-ring (bicyclic) bond motifs is 1. The summed E-state index contributed by atoms with van der Waals surface area (Å²) in [5.74, 6) is -0.469. The molecule has 0 fully saturated rings. The first-order valence-electron chi connectivity index (χ1n) is 9.60. The van der Waals surface area contributed by atoms with Gasteiger partial charge < -0.3 is 10.3 Å². The molecule has 0 bridgehead atoms. The Bertz CT molecular complexity index is 1150. The summed E-state index contributed by atoms with van der Waals surface area (Å²) in [6, 6.07) is 24.3. The number of amides is 2. The van der Waals surface area contributed by atoms with E-state index in [-0.39, 0.29) is 11.8 Å². The quantitative estimate of drug-likeness (QED) is 0.411. The summed E-state index contributed by atoms with van der Waals surface area (Å²) in [7, 11) is 0. The lowest BCUT2D eigenvalue weighted by atomic mass is 10.1. The van der Waals surface area contributed by atoms with Gasteiger partial charge in [-0.1, -0.05) is 60.7 Å². The molecule has 2 amide bonds.